The molecule has 3 aromatic rings. The van der Waals surface area contributed by atoms with Gasteiger partial charge in [0.2, 0.25) is 0 Å². The number of piperazine rings is 1. The summed E-state index contributed by atoms with van der Waals surface area (Å²) in [6.45, 7) is 5.86. The number of anilines is 1. The summed E-state index contributed by atoms with van der Waals surface area (Å²) in [6, 6.07) is 15.6. The van der Waals surface area contributed by atoms with Crippen LogP contribution in [0.25, 0.3) is 10.9 Å². The summed E-state index contributed by atoms with van der Waals surface area (Å²) >= 11 is 6.20. The second-order valence-electron chi connectivity index (χ2n) is 9.10. The molecule has 0 aliphatic carbocycles. The highest BCUT2D eigenvalue weighted by Gasteiger charge is 2.22. The first-order valence-electron chi connectivity index (χ1n) is 12.1. The van der Waals surface area contributed by atoms with Crippen LogP contribution in [-0.2, 0) is 13.1 Å². The van der Waals surface area contributed by atoms with E-state index in [0.717, 1.165) is 60.7 Å². The van der Waals surface area contributed by atoms with Gasteiger partial charge in [-0.3, -0.25) is 4.90 Å². The number of nitrogens with one attached hydrogen (secondary N) is 2. The fourth-order valence-corrected chi connectivity index (χ4v) is 4.37. The van der Waals surface area contributed by atoms with E-state index in [9.17, 15) is 4.79 Å². The summed E-state index contributed by atoms with van der Waals surface area (Å²) in [5.74, 6) is 1.69. The van der Waals surface area contributed by atoms with E-state index in [1.807, 2.05) is 47.4 Å². The van der Waals surface area contributed by atoms with Gasteiger partial charge in [0.25, 0.3) is 0 Å². The van der Waals surface area contributed by atoms with E-state index in [1.54, 1.807) is 0 Å². The molecule has 0 unspecified atom stereocenters. The standard InChI is InChI=1S/C26H34ClN7O/c1-32(2)13-7-12-28-25-21-9-4-6-11-23(21)30-24(31-25)19-33-14-16-34(17-15-33)26(35)29-18-20-8-3-5-10-22(20)27/h3-6,8-11H,7,12-19H2,1-2H3,(H,29,35)(H,28,30,31). The molecule has 2 N–H and O–H groups in total. The molecule has 1 aliphatic rings. The highest BCUT2D eigenvalue weighted by molar-refractivity contribution is 6.31. The number of benzene rings is 2. The van der Waals surface area contributed by atoms with Gasteiger partial charge in [-0.1, -0.05) is 41.9 Å². The maximum atomic E-state index is 12.6. The second kappa shape index (κ2) is 12.2. The number of carbonyl (C=O) groups is 1. The molecule has 0 atom stereocenters. The zero-order valence-electron chi connectivity index (χ0n) is 20.5. The number of amides is 2. The number of hydrogen-bond acceptors (Lipinski definition) is 6. The van der Waals surface area contributed by atoms with Gasteiger partial charge in [0.15, 0.2) is 0 Å². The summed E-state index contributed by atoms with van der Waals surface area (Å²) in [5, 5.41) is 8.20. The highest BCUT2D eigenvalue weighted by Crippen LogP contribution is 2.21. The predicted octanol–water partition coefficient (Wildman–Crippen LogP) is 3.67. The Bertz CT molecular complexity index is 1130. The smallest absolute Gasteiger partial charge is 0.317 e. The van der Waals surface area contributed by atoms with Crippen LogP contribution in [0.2, 0.25) is 5.02 Å². The SMILES string of the molecule is CN(C)CCCNc1nc(CN2CCN(C(=O)NCc3ccccc3Cl)CC2)nc2ccccc12. The van der Waals surface area contributed by atoms with E-state index < -0.39 is 0 Å². The quantitative estimate of drug-likeness (QED) is 0.441. The molecule has 8 nitrogen and oxygen atoms in total. The van der Waals surface area contributed by atoms with Gasteiger partial charge in [-0.05, 0) is 50.8 Å². The molecule has 9 heteroatoms. The van der Waals surface area contributed by atoms with Crippen molar-refractivity contribution in [2.24, 2.45) is 0 Å². The third-order valence-electron chi connectivity index (χ3n) is 6.14. The molecule has 1 aromatic heterocycles. The van der Waals surface area contributed by atoms with E-state index in [1.165, 1.54) is 0 Å². The van der Waals surface area contributed by atoms with Crippen molar-refractivity contribution >= 4 is 34.4 Å². The Morgan fingerprint density at radius 3 is 2.54 bits per heavy atom. The number of carbonyl (C=O) groups excluding carboxylic acids is 1. The van der Waals surface area contributed by atoms with Crippen LogP contribution in [0.3, 0.4) is 0 Å². The van der Waals surface area contributed by atoms with Crippen molar-refractivity contribution in [3.63, 3.8) is 0 Å². The molecule has 1 aliphatic heterocycles. The summed E-state index contributed by atoms with van der Waals surface area (Å²) in [7, 11) is 4.17. The van der Waals surface area contributed by atoms with Crippen LogP contribution >= 0.6 is 11.6 Å². The van der Waals surface area contributed by atoms with Crippen molar-refractivity contribution in [3.8, 4) is 0 Å². The van der Waals surface area contributed by atoms with Crippen LogP contribution in [0.4, 0.5) is 10.6 Å². The fourth-order valence-electron chi connectivity index (χ4n) is 4.17. The maximum Gasteiger partial charge on any atom is 0.317 e. The largest absolute Gasteiger partial charge is 0.369 e. The average molecular weight is 496 g/mol. The van der Waals surface area contributed by atoms with E-state index in [0.29, 0.717) is 31.2 Å². The molecule has 4 rings (SSSR count). The minimum Gasteiger partial charge on any atom is -0.369 e. The number of aromatic nitrogens is 2. The molecular weight excluding hydrogens is 462 g/mol. The molecule has 0 bridgehead atoms. The van der Waals surface area contributed by atoms with Gasteiger partial charge in [0.1, 0.15) is 11.6 Å². The van der Waals surface area contributed by atoms with Crippen LogP contribution in [0.1, 0.15) is 17.8 Å². The van der Waals surface area contributed by atoms with E-state index in [2.05, 4.69) is 40.6 Å². The zero-order chi connectivity index (χ0) is 24.6. The van der Waals surface area contributed by atoms with Gasteiger partial charge in [-0.25, -0.2) is 14.8 Å². The number of halogens is 1. The number of para-hydroxylation sites is 1. The van der Waals surface area contributed by atoms with Crippen LogP contribution in [0.5, 0.6) is 0 Å². The molecule has 2 aromatic carbocycles. The second-order valence-corrected chi connectivity index (χ2v) is 9.51. The van der Waals surface area contributed by atoms with Crippen molar-refractivity contribution in [2.75, 3.05) is 58.7 Å². The van der Waals surface area contributed by atoms with Crippen molar-refractivity contribution < 1.29 is 4.79 Å². The van der Waals surface area contributed by atoms with Gasteiger partial charge in [-0.15, -0.1) is 0 Å². The first kappa shape index (κ1) is 25.2. The predicted molar refractivity (Wildman–Crippen MR) is 142 cm³/mol. The lowest BCUT2D eigenvalue weighted by Crippen LogP contribution is -2.51. The van der Waals surface area contributed by atoms with Crippen molar-refractivity contribution in [1.29, 1.82) is 0 Å². The van der Waals surface area contributed by atoms with Gasteiger partial charge < -0.3 is 20.4 Å². The molecule has 2 amide bonds. The monoisotopic (exact) mass is 495 g/mol. The number of fused-ring (bicyclic) bond motifs is 1. The molecule has 35 heavy (non-hydrogen) atoms. The van der Waals surface area contributed by atoms with Gasteiger partial charge >= 0.3 is 6.03 Å². The van der Waals surface area contributed by atoms with Crippen LogP contribution in [0.15, 0.2) is 48.5 Å². The Labute approximate surface area is 212 Å². The Hall–Kier alpha value is -2.94. The van der Waals surface area contributed by atoms with Crippen molar-refractivity contribution in [1.82, 2.24) is 30.0 Å². The lowest BCUT2D eigenvalue weighted by Gasteiger charge is -2.34. The van der Waals surface area contributed by atoms with E-state index in [4.69, 9.17) is 21.6 Å². The van der Waals surface area contributed by atoms with Crippen LogP contribution in [-0.4, -0.2) is 84.1 Å². The van der Waals surface area contributed by atoms with E-state index in [-0.39, 0.29) is 6.03 Å². The number of rotatable bonds is 9. The summed E-state index contributed by atoms with van der Waals surface area (Å²) < 4.78 is 0. The summed E-state index contributed by atoms with van der Waals surface area (Å²) in [6.07, 6.45) is 1.04. The zero-order valence-corrected chi connectivity index (χ0v) is 21.3. The number of urea groups is 1. The average Bonchev–Trinajstić information content (AvgIpc) is 2.86. The molecular formula is C26H34ClN7O. The van der Waals surface area contributed by atoms with Gasteiger partial charge in [0, 0.05) is 49.7 Å². The highest BCUT2D eigenvalue weighted by atomic mass is 35.5. The summed E-state index contributed by atoms with van der Waals surface area (Å²) in [4.78, 5) is 28.6. The molecule has 1 saturated heterocycles. The maximum absolute atomic E-state index is 12.6. The van der Waals surface area contributed by atoms with Gasteiger partial charge in [0.05, 0.1) is 12.1 Å². The Balaban J connectivity index is 1.32. The van der Waals surface area contributed by atoms with Crippen LogP contribution < -0.4 is 10.6 Å². The molecule has 186 valence electrons. The van der Waals surface area contributed by atoms with Crippen molar-refractivity contribution in [3.05, 3.63) is 64.9 Å². The van der Waals surface area contributed by atoms with Crippen LogP contribution in [0, 0.1) is 0 Å². The first-order valence-corrected chi connectivity index (χ1v) is 12.5. The molecule has 1 fully saturated rings. The van der Waals surface area contributed by atoms with Crippen molar-refractivity contribution in [2.45, 2.75) is 19.5 Å². The Kier molecular flexibility index (Phi) is 8.74. The Morgan fingerprint density at radius 1 is 1.03 bits per heavy atom. The third kappa shape index (κ3) is 7.04. The normalized spacial score (nSPS) is 14.5. The third-order valence-corrected chi connectivity index (χ3v) is 6.51. The minimum absolute atomic E-state index is 0.0595. The molecule has 0 spiro atoms. The van der Waals surface area contributed by atoms with Gasteiger partial charge in [-0.2, -0.15) is 0 Å². The minimum atomic E-state index is -0.0595. The molecule has 0 radical (unpaired) electrons. The summed E-state index contributed by atoms with van der Waals surface area (Å²) in [5.41, 5.74) is 1.87. The lowest BCUT2D eigenvalue weighted by atomic mass is 10.2. The number of hydrogen-bond donors (Lipinski definition) is 2. The topological polar surface area (TPSA) is 76.6 Å². The fraction of sp³-hybridized carbons (Fsp3) is 0.423. The Morgan fingerprint density at radius 2 is 1.77 bits per heavy atom. The molecule has 0 saturated carbocycles. The molecule has 2 heterocycles. The first-order chi connectivity index (χ1) is 17.0. The lowest BCUT2D eigenvalue weighted by molar-refractivity contribution is 0.133. The number of nitrogens with zero attached hydrogens (tertiary/aromatic N) is 5. The van der Waals surface area contributed by atoms with E-state index >= 15 is 0 Å².